The highest BCUT2D eigenvalue weighted by Gasteiger charge is 2.52. The minimum absolute atomic E-state index is 0.484. The summed E-state index contributed by atoms with van der Waals surface area (Å²) in [6.07, 6.45) is 0. The van der Waals surface area contributed by atoms with E-state index >= 15 is 0 Å². The molecule has 24 heavy (non-hydrogen) atoms. The third-order valence-electron chi connectivity index (χ3n) is 5.18. The molecule has 0 bridgehead atoms. The van der Waals surface area contributed by atoms with Gasteiger partial charge in [-0.3, -0.25) is 0 Å². The van der Waals surface area contributed by atoms with Gasteiger partial charge in [-0.15, -0.1) is 3.89 Å². The lowest BCUT2D eigenvalue weighted by Gasteiger charge is -2.32. The monoisotopic (exact) mass is 468 g/mol. The molecule has 4 nitrogen and oxygen atoms in total. The van der Waals surface area contributed by atoms with Crippen LogP contribution in [-0.2, 0) is 25.3 Å². The van der Waals surface area contributed by atoms with Crippen molar-refractivity contribution in [3.05, 3.63) is 25.8 Å². The number of rotatable bonds is 3. The van der Waals surface area contributed by atoms with Crippen LogP contribution in [0.25, 0.3) is 0 Å². The van der Waals surface area contributed by atoms with Gasteiger partial charge in [-0.05, 0) is 98.8 Å². The summed E-state index contributed by atoms with van der Waals surface area (Å²) < 4.78 is 48.9. The van der Waals surface area contributed by atoms with Crippen LogP contribution in [0, 0.1) is 24.3 Å². The van der Waals surface area contributed by atoms with E-state index in [0.29, 0.717) is 11.1 Å². The lowest BCUT2D eigenvalue weighted by molar-refractivity contribution is 0.00578. The Hall–Kier alpha value is -0.185. The maximum Gasteiger partial charge on any atom is 0.495 e. The van der Waals surface area contributed by atoms with E-state index in [1.54, 1.807) is 6.92 Å². The van der Waals surface area contributed by atoms with Crippen molar-refractivity contribution in [3.63, 3.8) is 0 Å². The fourth-order valence-corrected chi connectivity index (χ4v) is 4.35. The van der Waals surface area contributed by atoms with Crippen molar-refractivity contribution in [3.8, 4) is 0 Å². The van der Waals surface area contributed by atoms with Crippen LogP contribution in [0.15, 0.2) is 0 Å². The second kappa shape index (κ2) is 6.21. The van der Waals surface area contributed by atoms with Gasteiger partial charge in [-0.25, -0.2) is 0 Å². The first kappa shape index (κ1) is 20.1. The van der Waals surface area contributed by atoms with Crippen LogP contribution in [0.3, 0.4) is 0 Å². The van der Waals surface area contributed by atoms with Crippen LogP contribution in [-0.4, -0.2) is 26.7 Å². The Kier molecular flexibility index (Phi) is 5.21. The highest BCUT2D eigenvalue weighted by atomic mass is 127. The number of hydrogen-bond acceptors (Lipinski definition) is 4. The van der Waals surface area contributed by atoms with Crippen LogP contribution in [0.5, 0.6) is 0 Å². The molecule has 1 heterocycles. The molecule has 2 rings (SSSR count). The van der Waals surface area contributed by atoms with E-state index in [4.69, 9.17) is 9.31 Å². The second-order valence-corrected chi connectivity index (χ2v) is 9.80. The third-order valence-corrected chi connectivity index (χ3v) is 7.43. The Morgan fingerprint density at radius 2 is 1.46 bits per heavy atom. The van der Waals surface area contributed by atoms with Gasteiger partial charge in [0.15, 0.2) is 0 Å². The molecule has 0 saturated carbocycles. The number of halogens is 2. The third kappa shape index (κ3) is 3.52. The highest BCUT2D eigenvalue weighted by molar-refractivity contribution is 14.1. The average Bonchev–Trinajstić information content (AvgIpc) is 2.60. The standard InChI is InChI=1S/C16H23BFIO4S/c1-9-12(8-24(18,20)21)10(2)14(19)11(3)13(9)17-22-15(4,5)16(6,7)23-17/h8H2,1-7H3. The maximum absolute atomic E-state index is 13.3. The fourth-order valence-electron chi connectivity index (χ4n) is 2.96. The molecule has 0 aromatic heterocycles. The predicted octanol–water partition coefficient (Wildman–Crippen LogP) is 3.31. The molecular formula is C16H23BFIO4S. The van der Waals surface area contributed by atoms with E-state index < -0.39 is 34.3 Å². The Bertz CT molecular complexity index is 774. The quantitative estimate of drug-likeness (QED) is 0.388. The van der Waals surface area contributed by atoms with E-state index in [0.717, 1.165) is 20.2 Å². The van der Waals surface area contributed by atoms with Gasteiger partial charge >= 0.3 is 17.3 Å². The molecule has 0 radical (unpaired) electrons. The van der Waals surface area contributed by atoms with E-state index in [-0.39, 0.29) is 0 Å². The summed E-state index contributed by atoms with van der Waals surface area (Å²) in [5, 5.41) is 0. The predicted molar refractivity (Wildman–Crippen MR) is 103 cm³/mol. The summed E-state index contributed by atoms with van der Waals surface area (Å²) in [6, 6.07) is 0. The summed E-state index contributed by atoms with van der Waals surface area (Å²) in [5.74, 6) is -0.631. The normalized spacial score (nSPS) is 19.8. The minimum atomic E-state index is -4.62. The zero-order chi connectivity index (χ0) is 18.7. The van der Waals surface area contributed by atoms with Gasteiger partial charge in [-0.1, -0.05) is 0 Å². The van der Waals surface area contributed by atoms with Crippen molar-refractivity contribution in [2.75, 3.05) is 0 Å². The molecule has 0 spiro atoms. The highest BCUT2D eigenvalue weighted by Crippen LogP contribution is 2.38. The molecule has 1 aromatic rings. The molecule has 0 amide bonds. The van der Waals surface area contributed by atoms with Crippen molar-refractivity contribution in [2.24, 2.45) is 0 Å². The summed E-state index contributed by atoms with van der Waals surface area (Å²) in [5.41, 5.74) is 2.75. The largest absolute Gasteiger partial charge is 0.495 e. The summed E-state index contributed by atoms with van der Waals surface area (Å²) in [4.78, 5) is 0. The van der Waals surface area contributed by atoms with E-state index in [1.165, 1.54) is 0 Å². The van der Waals surface area contributed by atoms with Gasteiger partial charge in [0.25, 0.3) is 0 Å². The Morgan fingerprint density at radius 1 is 1.00 bits per heavy atom. The van der Waals surface area contributed by atoms with E-state index in [9.17, 15) is 12.3 Å². The average molecular weight is 468 g/mol. The van der Waals surface area contributed by atoms with Crippen molar-refractivity contribution in [1.29, 1.82) is 0 Å². The van der Waals surface area contributed by atoms with Crippen LogP contribution in [0.2, 0.25) is 0 Å². The van der Waals surface area contributed by atoms with Crippen LogP contribution < -0.4 is 5.46 Å². The number of benzene rings is 1. The molecule has 1 aliphatic heterocycles. The SMILES string of the molecule is Cc1c(I)c(C)c(B2OC(C)(C)C(C)(C)O2)c(C)c1CS(=O)(=O)F. The first-order chi connectivity index (χ1) is 10.7. The molecule has 0 N–H and O–H groups in total. The molecule has 8 heteroatoms. The first-order valence-electron chi connectivity index (χ1n) is 7.74. The van der Waals surface area contributed by atoms with Crippen LogP contribution in [0.1, 0.15) is 49.9 Å². The lowest BCUT2D eigenvalue weighted by Crippen LogP contribution is -2.41. The smallest absolute Gasteiger partial charge is 0.399 e. The van der Waals surface area contributed by atoms with Gasteiger partial charge in [0, 0.05) is 3.57 Å². The van der Waals surface area contributed by atoms with Crippen molar-refractivity contribution in [1.82, 2.24) is 0 Å². The lowest BCUT2D eigenvalue weighted by atomic mass is 9.71. The number of hydrogen-bond donors (Lipinski definition) is 0. The molecule has 0 aliphatic carbocycles. The maximum atomic E-state index is 13.3. The molecule has 1 saturated heterocycles. The topological polar surface area (TPSA) is 52.6 Å². The molecule has 134 valence electrons. The van der Waals surface area contributed by atoms with Crippen LogP contribution >= 0.6 is 22.6 Å². The Labute approximate surface area is 158 Å². The molecule has 0 atom stereocenters. The first-order valence-corrected chi connectivity index (χ1v) is 10.4. The summed E-state index contributed by atoms with van der Waals surface area (Å²) >= 11 is 2.16. The van der Waals surface area contributed by atoms with Gasteiger partial charge in [0.05, 0.1) is 11.2 Å². The Morgan fingerprint density at radius 3 is 1.88 bits per heavy atom. The van der Waals surface area contributed by atoms with Crippen molar-refractivity contribution < 1.29 is 21.6 Å². The summed E-state index contributed by atoms with van der Waals surface area (Å²) in [6.45, 7) is 13.4. The fraction of sp³-hybridized carbons (Fsp3) is 0.625. The second-order valence-electron chi connectivity index (χ2n) is 7.35. The Balaban J connectivity index is 2.64. The van der Waals surface area contributed by atoms with Gasteiger partial charge in [0.2, 0.25) is 0 Å². The van der Waals surface area contributed by atoms with Gasteiger partial charge in [-0.2, -0.15) is 8.42 Å². The van der Waals surface area contributed by atoms with Gasteiger partial charge < -0.3 is 9.31 Å². The molecule has 1 fully saturated rings. The van der Waals surface area contributed by atoms with E-state index in [1.807, 2.05) is 41.5 Å². The van der Waals surface area contributed by atoms with E-state index in [2.05, 4.69) is 22.6 Å². The minimum Gasteiger partial charge on any atom is -0.399 e. The zero-order valence-corrected chi connectivity index (χ0v) is 18.1. The zero-order valence-electron chi connectivity index (χ0n) is 15.1. The molecule has 0 unspecified atom stereocenters. The van der Waals surface area contributed by atoms with Crippen LogP contribution in [0.4, 0.5) is 3.89 Å². The van der Waals surface area contributed by atoms with Gasteiger partial charge in [0.1, 0.15) is 5.75 Å². The molecule has 1 aromatic carbocycles. The molecule has 1 aliphatic rings. The van der Waals surface area contributed by atoms with Crippen molar-refractivity contribution >= 4 is 45.4 Å². The summed E-state index contributed by atoms with van der Waals surface area (Å²) in [7, 11) is -5.23. The molecular weight excluding hydrogens is 445 g/mol. The van der Waals surface area contributed by atoms with Crippen molar-refractivity contribution in [2.45, 2.75) is 65.4 Å².